The number of carboxylic acid groups (broad SMARTS) is 1. The van der Waals surface area contributed by atoms with E-state index in [1.165, 1.54) is 15.6 Å². The predicted molar refractivity (Wildman–Crippen MR) is 142 cm³/mol. The minimum Gasteiger partial charge on any atom is -0.477 e. The molecular weight excluding hydrogens is 496 g/mol. The van der Waals surface area contributed by atoms with Crippen LogP contribution in [0, 0.1) is 5.92 Å². The first-order chi connectivity index (χ1) is 17.4. The molecule has 1 N–H and O–H groups in total. The number of anilines is 1. The molecule has 36 heavy (non-hydrogen) atoms. The van der Waals surface area contributed by atoms with Crippen LogP contribution in [-0.4, -0.2) is 54.1 Å². The van der Waals surface area contributed by atoms with Crippen LogP contribution in [0.5, 0.6) is 0 Å². The molecule has 0 bridgehead atoms. The van der Waals surface area contributed by atoms with Crippen molar-refractivity contribution < 1.29 is 23.1 Å². The number of rotatable bonds is 6. The lowest BCUT2D eigenvalue weighted by atomic mass is 9.82. The second-order valence-electron chi connectivity index (χ2n) is 10.3. The number of sulfonamides is 1. The number of thiophene rings is 1. The van der Waals surface area contributed by atoms with E-state index < -0.39 is 21.2 Å². The number of nitrogens with zero attached hydrogens (tertiary/aromatic N) is 2. The lowest BCUT2D eigenvalue weighted by molar-refractivity contribution is -0.121. The normalized spacial score (nSPS) is 23.2. The molecule has 3 aliphatic rings. The second kappa shape index (κ2) is 10.6. The molecule has 2 saturated carbocycles. The van der Waals surface area contributed by atoms with Crippen LogP contribution in [0.3, 0.4) is 0 Å². The Morgan fingerprint density at radius 2 is 1.58 bits per heavy atom. The highest BCUT2D eigenvalue weighted by molar-refractivity contribution is 7.89. The molecule has 0 radical (unpaired) electrons. The summed E-state index contributed by atoms with van der Waals surface area (Å²) >= 11 is 1.17. The van der Waals surface area contributed by atoms with Crippen molar-refractivity contribution in [1.82, 2.24) is 4.31 Å². The van der Waals surface area contributed by atoms with Gasteiger partial charge in [-0.3, -0.25) is 4.79 Å². The Morgan fingerprint density at radius 3 is 2.22 bits per heavy atom. The van der Waals surface area contributed by atoms with E-state index in [1.807, 2.05) is 36.4 Å². The van der Waals surface area contributed by atoms with Crippen molar-refractivity contribution in [3.8, 4) is 10.4 Å². The molecule has 2 aliphatic carbocycles. The van der Waals surface area contributed by atoms with Crippen molar-refractivity contribution in [3.63, 3.8) is 0 Å². The first kappa shape index (κ1) is 25.4. The van der Waals surface area contributed by atoms with E-state index in [-0.39, 0.29) is 35.8 Å². The van der Waals surface area contributed by atoms with Gasteiger partial charge in [-0.2, -0.15) is 4.31 Å². The van der Waals surface area contributed by atoms with Gasteiger partial charge in [-0.15, -0.1) is 11.3 Å². The van der Waals surface area contributed by atoms with Gasteiger partial charge in [-0.25, -0.2) is 13.2 Å². The summed E-state index contributed by atoms with van der Waals surface area (Å²) in [6.45, 7) is 0.0163. The molecule has 1 aromatic heterocycles. The molecule has 0 spiro atoms. The highest BCUT2D eigenvalue weighted by Crippen LogP contribution is 2.42. The number of carboxylic acids is 1. The number of hydrogen-bond acceptors (Lipinski definition) is 5. The van der Waals surface area contributed by atoms with Crippen LogP contribution in [0.25, 0.3) is 10.4 Å². The number of carbonyl (C=O) groups is 2. The van der Waals surface area contributed by atoms with Crippen molar-refractivity contribution in [2.75, 3.05) is 18.0 Å². The summed E-state index contributed by atoms with van der Waals surface area (Å²) in [5.74, 6) is -1.24. The van der Waals surface area contributed by atoms with Crippen LogP contribution in [0.4, 0.5) is 5.69 Å². The van der Waals surface area contributed by atoms with Crippen LogP contribution >= 0.6 is 11.3 Å². The van der Waals surface area contributed by atoms with Crippen molar-refractivity contribution in [1.29, 1.82) is 0 Å². The van der Waals surface area contributed by atoms with Crippen molar-refractivity contribution in [3.05, 3.63) is 41.3 Å². The zero-order chi connectivity index (χ0) is 25.3. The molecule has 1 unspecified atom stereocenters. The zero-order valence-electron chi connectivity index (χ0n) is 20.5. The maximum Gasteiger partial charge on any atom is 0.348 e. The van der Waals surface area contributed by atoms with Crippen LogP contribution in [0.2, 0.25) is 0 Å². The fourth-order valence-electron chi connectivity index (χ4n) is 6.18. The molecular formula is C27H34N2O5S2. The molecule has 7 nitrogen and oxygen atoms in total. The molecule has 3 fully saturated rings. The van der Waals surface area contributed by atoms with E-state index in [1.54, 1.807) is 4.90 Å². The van der Waals surface area contributed by atoms with E-state index in [9.17, 15) is 23.1 Å². The van der Waals surface area contributed by atoms with E-state index in [4.69, 9.17) is 0 Å². The SMILES string of the molecule is O=C(O)c1sc(-c2ccccc2)cc1N1C(=O)CN(S(=O)(=O)C2CCCCC2)CC1C1CCCCC1. The van der Waals surface area contributed by atoms with Gasteiger partial charge >= 0.3 is 5.97 Å². The maximum atomic E-state index is 13.7. The smallest absolute Gasteiger partial charge is 0.348 e. The Bertz CT molecular complexity index is 1200. The summed E-state index contributed by atoms with van der Waals surface area (Å²) in [4.78, 5) is 28.6. The Balaban J connectivity index is 1.53. The van der Waals surface area contributed by atoms with Gasteiger partial charge in [0.1, 0.15) is 4.88 Å². The Kier molecular flexibility index (Phi) is 7.51. The van der Waals surface area contributed by atoms with Crippen molar-refractivity contribution >= 4 is 38.9 Å². The first-order valence-electron chi connectivity index (χ1n) is 13.1. The lowest BCUT2D eigenvalue weighted by Crippen LogP contribution is -2.61. The molecule has 1 aromatic carbocycles. The topological polar surface area (TPSA) is 95.0 Å². The lowest BCUT2D eigenvalue weighted by Gasteiger charge is -2.45. The molecule has 1 amide bonds. The molecule has 2 aromatic rings. The summed E-state index contributed by atoms with van der Waals surface area (Å²) in [6.07, 6.45) is 9.24. The average molecular weight is 531 g/mol. The van der Waals surface area contributed by atoms with Crippen LogP contribution in [0.1, 0.15) is 73.9 Å². The highest BCUT2D eigenvalue weighted by Gasteiger charge is 2.45. The van der Waals surface area contributed by atoms with Crippen molar-refractivity contribution in [2.45, 2.75) is 75.5 Å². The molecule has 5 rings (SSSR count). The number of hydrogen-bond donors (Lipinski definition) is 1. The van der Waals surface area contributed by atoms with Gasteiger partial charge in [-0.1, -0.05) is 68.9 Å². The third-order valence-electron chi connectivity index (χ3n) is 8.05. The minimum absolute atomic E-state index is 0.131. The molecule has 1 aliphatic heterocycles. The third kappa shape index (κ3) is 4.97. The number of benzene rings is 1. The monoisotopic (exact) mass is 530 g/mol. The summed E-state index contributed by atoms with van der Waals surface area (Å²) in [7, 11) is -3.59. The molecule has 9 heteroatoms. The van der Waals surface area contributed by atoms with E-state index in [0.717, 1.165) is 61.8 Å². The molecule has 2 heterocycles. The number of amides is 1. The first-order valence-corrected chi connectivity index (χ1v) is 15.4. The van der Waals surface area contributed by atoms with Gasteiger partial charge in [0.05, 0.1) is 23.5 Å². The molecule has 1 atom stereocenters. The van der Waals surface area contributed by atoms with E-state index >= 15 is 0 Å². The van der Waals surface area contributed by atoms with Gasteiger partial charge in [0.2, 0.25) is 15.9 Å². The fraction of sp³-hybridized carbons (Fsp3) is 0.556. The molecule has 194 valence electrons. The van der Waals surface area contributed by atoms with Gasteiger partial charge in [0, 0.05) is 11.4 Å². The third-order valence-corrected chi connectivity index (χ3v) is 11.5. The van der Waals surface area contributed by atoms with Gasteiger partial charge < -0.3 is 10.0 Å². The molecule has 1 saturated heterocycles. The zero-order valence-corrected chi connectivity index (χ0v) is 22.1. The quantitative estimate of drug-likeness (QED) is 0.542. The standard InChI is InChI=1S/C27H34N2O5S2/c30-25-18-28(36(33,34)21-14-8-3-9-15-21)17-23(19-10-4-1-5-11-19)29(25)22-16-24(35-26(22)27(31)32)20-12-6-2-7-13-20/h2,6-7,12-13,16,19,21,23H,1,3-5,8-11,14-15,17-18H2,(H,31,32). The van der Waals surface area contributed by atoms with Gasteiger partial charge in [0.15, 0.2) is 0 Å². The summed E-state index contributed by atoms with van der Waals surface area (Å²) in [6, 6.07) is 11.0. The van der Waals surface area contributed by atoms with Gasteiger partial charge in [-0.05, 0) is 43.2 Å². The fourth-order valence-corrected chi connectivity index (χ4v) is 9.18. The number of carbonyl (C=O) groups excluding carboxylic acids is 1. The minimum atomic E-state index is -3.59. The second-order valence-corrected chi connectivity index (χ2v) is 13.6. The number of aromatic carboxylic acids is 1. The van der Waals surface area contributed by atoms with E-state index in [0.29, 0.717) is 18.5 Å². The Morgan fingerprint density at radius 1 is 0.944 bits per heavy atom. The Labute approximate surface area is 217 Å². The largest absolute Gasteiger partial charge is 0.477 e. The van der Waals surface area contributed by atoms with Crippen LogP contribution in [-0.2, 0) is 14.8 Å². The maximum absolute atomic E-state index is 13.7. The summed E-state index contributed by atoms with van der Waals surface area (Å²) in [5.41, 5.74) is 1.30. The summed E-state index contributed by atoms with van der Waals surface area (Å²) < 4.78 is 28.6. The van der Waals surface area contributed by atoms with Crippen molar-refractivity contribution in [2.24, 2.45) is 5.92 Å². The Hall–Kier alpha value is -2.23. The number of piperazine rings is 1. The predicted octanol–water partition coefficient (Wildman–Crippen LogP) is 5.37. The van der Waals surface area contributed by atoms with Crippen LogP contribution < -0.4 is 4.90 Å². The highest BCUT2D eigenvalue weighted by atomic mass is 32.2. The van der Waals surface area contributed by atoms with Crippen LogP contribution in [0.15, 0.2) is 36.4 Å². The summed E-state index contributed by atoms with van der Waals surface area (Å²) in [5, 5.41) is 9.64. The van der Waals surface area contributed by atoms with Gasteiger partial charge in [0.25, 0.3) is 0 Å². The van der Waals surface area contributed by atoms with E-state index in [2.05, 4.69) is 0 Å². The average Bonchev–Trinajstić information content (AvgIpc) is 3.35.